The summed E-state index contributed by atoms with van der Waals surface area (Å²) in [6.07, 6.45) is 3.64. The van der Waals surface area contributed by atoms with Crippen LogP contribution in [0.4, 0.5) is 0 Å². The van der Waals surface area contributed by atoms with E-state index in [9.17, 15) is 9.59 Å². The molecular formula is C19H27NO3. The number of carboxylic acid groups (broad SMARTS) is 1. The lowest BCUT2D eigenvalue weighted by Crippen LogP contribution is -2.43. The number of piperidine rings is 1. The first kappa shape index (κ1) is 17.5. The zero-order valence-corrected chi connectivity index (χ0v) is 14.1. The van der Waals surface area contributed by atoms with Crippen LogP contribution in [-0.4, -0.2) is 35.0 Å². The van der Waals surface area contributed by atoms with E-state index in [-0.39, 0.29) is 18.2 Å². The molecule has 4 heteroatoms. The van der Waals surface area contributed by atoms with Gasteiger partial charge in [0.1, 0.15) is 0 Å². The Morgan fingerprint density at radius 1 is 1.30 bits per heavy atom. The Hall–Kier alpha value is -1.84. The van der Waals surface area contributed by atoms with E-state index in [0.29, 0.717) is 18.9 Å². The van der Waals surface area contributed by atoms with Gasteiger partial charge in [-0.15, -0.1) is 0 Å². The normalized spacial score (nSPS) is 19.4. The summed E-state index contributed by atoms with van der Waals surface area (Å²) < 4.78 is 0. The summed E-state index contributed by atoms with van der Waals surface area (Å²) in [6.45, 7) is 5.57. The SMILES string of the molecule is Cc1ccc(CC(C)C(=O)N2CCCC(CCC(=O)O)C2)cc1. The molecule has 1 heterocycles. The van der Waals surface area contributed by atoms with E-state index in [1.54, 1.807) is 0 Å². The Morgan fingerprint density at radius 2 is 2.00 bits per heavy atom. The monoisotopic (exact) mass is 317 g/mol. The maximum Gasteiger partial charge on any atom is 0.303 e. The van der Waals surface area contributed by atoms with Crippen LogP contribution in [0.25, 0.3) is 0 Å². The fourth-order valence-corrected chi connectivity index (χ4v) is 3.31. The molecule has 1 aromatic rings. The van der Waals surface area contributed by atoms with E-state index in [2.05, 4.69) is 31.2 Å². The number of nitrogens with zero attached hydrogens (tertiary/aromatic N) is 1. The molecule has 0 saturated carbocycles. The summed E-state index contributed by atoms with van der Waals surface area (Å²) in [7, 11) is 0. The molecule has 0 aromatic heterocycles. The van der Waals surface area contributed by atoms with Crippen molar-refractivity contribution in [3.63, 3.8) is 0 Å². The largest absolute Gasteiger partial charge is 0.481 e. The van der Waals surface area contributed by atoms with Crippen molar-refractivity contribution in [2.24, 2.45) is 11.8 Å². The van der Waals surface area contributed by atoms with Gasteiger partial charge in [-0.3, -0.25) is 9.59 Å². The second kappa shape index (κ2) is 8.14. The van der Waals surface area contributed by atoms with Crippen LogP contribution >= 0.6 is 0 Å². The van der Waals surface area contributed by atoms with Gasteiger partial charge in [0.2, 0.25) is 5.91 Å². The van der Waals surface area contributed by atoms with E-state index in [4.69, 9.17) is 5.11 Å². The van der Waals surface area contributed by atoms with Crippen LogP contribution in [0.3, 0.4) is 0 Å². The van der Waals surface area contributed by atoms with Gasteiger partial charge in [0, 0.05) is 25.4 Å². The number of amides is 1. The summed E-state index contributed by atoms with van der Waals surface area (Å²) in [5.74, 6) is -0.252. The molecule has 1 fully saturated rings. The highest BCUT2D eigenvalue weighted by molar-refractivity contribution is 5.79. The fraction of sp³-hybridized carbons (Fsp3) is 0.579. The predicted octanol–water partition coefficient (Wildman–Crippen LogP) is 3.28. The van der Waals surface area contributed by atoms with Gasteiger partial charge in [-0.2, -0.15) is 0 Å². The molecule has 23 heavy (non-hydrogen) atoms. The molecule has 1 aliphatic heterocycles. The quantitative estimate of drug-likeness (QED) is 0.876. The Kier molecular flexibility index (Phi) is 6.20. The Labute approximate surface area is 138 Å². The number of likely N-dealkylation sites (tertiary alicyclic amines) is 1. The standard InChI is InChI=1S/C19H27NO3/c1-14-5-7-16(8-6-14)12-15(2)19(23)20-11-3-4-17(13-20)9-10-18(21)22/h5-8,15,17H,3-4,9-13H2,1-2H3,(H,21,22). The number of hydrogen-bond acceptors (Lipinski definition) is 2. The van der Waals surface area contributed by atoms with Crippen LogP contribution in [-0.2, 0) is 16.0 Å². The molecule has 1 aliphatic rings. The van der Waals surface area contributed by atoms with Gasteiger partial charge in [0.05, 0.1) is 0 Å². The summed E-state index contributed by atoms with van der Waals surface area (Å²) in [4.78, 5) is 25.3. The number of hydrogen-bond donors (Lipinski definition) is 1. The Balaban J connectivity index is 1.87. The van der Waals surface area contributed by atoms with Crippen LogP contribution in [0, 0.1) is 18.8 Å². The third-order valence-electron chi connectivity index (χ3n) is 4.68. The average Bonchev–Trinajstić information content (AvgIpc) is 2.54. The topological polar surface area (TPSA) is 57.6 Å². The molecule has 0 aliphatic carbocycles. The molecule has 0 bridgehead atoms. The van der Waals surface area contributed by atoms with Crippen molar-refractivity contribution >= 4 is 11.9 Å². The van der Waals surface area contributed by atoms with Crippen LogP contribution in [0.2, 0.25) is 0 Å². The van der Waals surface area contributed by atoms with Crippen molar-refractivity contribution in [2.45, 2.75) is 46.0 Å². The molecule has 4 nitrogen and oxygen atoms in total. The molecule has 126 valence electrons. The molecule has 2 unspecified atom stereocenters. The van der Waals surface area contributed by atoms with Crippen molar-refractivity contribution in [1.29, 1.82) is 0 Å². The van der Waals surface area contributed by atoms with Gasteiger partial charge < -0.3 is 10.0 Å². The number of carboxylic acids is 1. The molecule has 1 aromatic carbocycles. The predicted molar refractivity (Wildman–Crippen MR) is 90.2 cm³/mol. The third kappa shape index (κ3) is 5.38. The number of carbonyl (C=O) groups excluding carboxylic acids is 1. The molecule has 2 rings (SSSR count). The number of rotatable bonds is 6. The molecule has 0 spiro atoms. The number of benzene rings is 1. The van der Waals surface area contributed by atoms with Gasteiger partial charge in [-0.1, -0.05) is 36.8 Å². The van der Waals surface area contributed by atoms with Crippen molar-refractivity contribution in [2.75, 3.05) is 13.1 Å². The summed E-state index contributed by atoms with van der Waals surface area (Å²) in [6, 6.07) is 8.33. The maximum atomic E-state index is 12.7. The average molecular weight is 317 g/mol. The van der Waals surface area contributed by atoms with E-state index in [1.165, 1.54) is 11.1 Å². The van der Waals surface area contributed by atoms with E-state index in [1.807, 2.05) is 11.8 Å². The smallest absolute Gasteiger partial charge is 0.303 e. The fourth-order valence-electron chi connectivity index (χ4n) is 3.31. The summed E-state index contributed by atoms with van der Waals surface area (Å²) in [5.41, 5.74) is 2.42. The lowest BCUT2D eigenvalue weighted by atomic mass is 9.91. The zero-order chi connectivity index (χ0) is 16.8. The van der Waals surface area contributed by atoms with Gasteiger partial charge in [0.15, 0.2) is 0 Å². The molecule has 2 atom stereocenters. The second-order valence-electron chi connectivity index (χ2n) is 6.82. The molecular weight excluding hydrogens is 290 g/mol. The highest BCUT2D eigenvalue weighted by atomic mass is 16.4. The van der Waals surface area contributed by atoms with Gasteiger partial charge in [-0.05, 0) is 44.1 Å². The van der Waals surface area contributed by atoms with Gasteiger partial charge >= 0.3 is 5.97 Å². The third-order valence-corrected chi connectivity index (χ3v) is 4.68. The first-order chi connectivity index (χ1) is 11.0. The molecule has 1 amide bonds. The first-order valence-corrected chi connectivity index (χ1v) is 8.52. The van der Waals surface area contributed by atoms with Crippen molar-refractivity contribution in [3.05, 3.63) is 35.4 Å². The number of aliphatic carboxylic acids is 1. The van der Waals surface area contributed by atoms with Gasteiger partial charge in [-0.25, -0.2) is 0 Å². The van der Waals surface area contributed by atoms with E-state index >= 15 is 0 Å². The van der Waals surface area contributed by atoms with Crippen molar-refractivity contribution in [3.8, 4) is 0 Å². The minimum absolute atomic E-state index is 0.0315. The van der Waals surface area contributed by atoms with Crippen molar-refractivity contribution in [1.82, 2.24) is 4.90 Å². The first-order valence-electron chi connectivity index (χ1n) is 8.52. The lowest BCUT2D eigenvalue weighted by molar-refractivity contribution is -0.137. The van der Waals surface area contributed by atoms with Crippen LogP contribution in [0.15, 0.2) is 24.3 Å². The Bertz CT molecular complexity index is 538. The molecule has 1 saturated heterocycles. The maximum absolute atomic E-state index is 12.7. The van der Waals surface area contributed by atoms with Crippen LogP contribution < -0.4 is 0 Å². The van der Waals surface area contributed by atoms with Crippen LogP contribution in [0.1, 0.15) is 43.7 Å². The summed E-state index contributed by atoms with van der Waals surface area (Å²) >= 11 is 0. The summed E-state index contributed by atoms with van der Waals surface area (Å²) in [5, 5.41) is 8.81. The molecule has 0 radical (unpaired) electrons. The second-order valence-corrected chi connectivity index (χ2v) is 6.82. The van der Waals surface area contributed by atoms with E-state index < -0.39 is 5.97 Å². The molecule has 1 N–H and O–H groups in total. The Morgan fingerprint density at radius 3 is 2.65 bits per heavy atom. The van der Waals surface area contributed by atoms with E-state index in [0.717, 1.165) is 25.8 Å². The van der Waals surface area contributed by atoms with Crippen molar-refractivity contribution < 1.29 is 14.7 Å². The lowest BCUT2D eigenvalue weighted by Gasteiger charge is -2.34. The van der Waals surface area contributed by atoms with Crippen LogP contribution in [0.5, 0.6) is 0 Å². The van der Waals surface area contributed by atoms with Gasteiger partial charge in [0.25, 0.3) is 0 Å². The zero-order valence-electron chi connectivity index (χ0n) is 14.1. The highest BCUT2D eigenvalue weighted by Gasteiger charge is 2.27. The number of aryl methyl sites for hydroxylation is 1. The minimum Gasteiger partial charge on any atom is -0.481 e. The number of carbonyl (C=O) groups is 2. The minimum atomic E-state index is -0.749. The highest BCUT2D eigenvalue weighted by Crippen LogP contribution is 2.23.